The van der Waals surface area contributed by atoms with Gasteiger partial charge in [-0.25, -0.2) is 13.1 Å². The number of hydrogen-bond donors (Lipinski definition) is 3. The van der Waals surface area contributed by atoms with E-state index in [0.717, 1.165) is 12.8 Å². The summed E-state index contributed by atoms with van der Waals surface area (Å²) >= 11 is 0. The van der Waals surface area contributed by atoms with Crippen molar-refractivity contribution in [2.75, 3.05) is 18.1 Å². The number of benzene rings is 1. The van der Waals surface area contributed by atoms with Crippen molar-refractivity contribution in [1.82, 2.24) is 4.72 Å². The highest BCUT2D eigenvalue weighted by atomic mass is 32.2. The molecule has 1 aliphatic rings. The van der Waals surface area contributed by atoms with Gasteiger partial charge >= 0.3 is 0 Å². The second-order valence-corrected chi connectivity index (χ2v) is 7.24. The lowest BCUT2D eigenvalue weighted by molar-refractivity contribution is 0.533. The van der Waals surface area contributed by atoms with Crippen LogP contribution < -0.4 is 15.8 Å². The van der Waals surface area contributed by atoms with Gasteiger partial charge in [-0.2, -0.15) is 0 Å². The van der Waals surface area contributed by atoms with Crippen molar-refractivity contribution in [3.8, 4) is 0 Å². The predicted octanol–water partition coefficient (Wildman–Crippen LogP) is 1.92. The number of nitrogen functional groups attached to an aromatic ring is 1. The zero-order valence-corrected chi connectivity index (χ0v) is 12.2. The van der Waals surface area contributed by atoms with Crippen LogP contribution in [0.25, 0.3) is 0 Å². The zero-order valence-electron chi connectivity index (χ0n) is 11.4. The fraction of sp³-hybridized carbons (Fsp3) is 0.538. The second-order valence-electron chi connectivity index (χ2n) is 5.35. The summed E-state index contributed by atoms with van der Waals surface area (Å²) < 4.78 is 25.9. The lowest BCUT2D eigenvalue weighted by atomic mass is 10.00. The van der Waals surface area contributed by atoms with Crippen LogP contribution >= 0.6 is 0 Å². The van der Waals surface area contributed by atoms with Gasteiger partial charge in [-0.05, 0) is 45.0 Å². The Morgan fingerprint density at radius 2 is 1.89 bits per heavy atom. The average molecular weight is 283 g/mol. The zero-order chi connectivity index (χ0) is 14.1. The number of anilines is 2. The summed E-state index contributed by atoms with van der Waals surface area (Å²) in [5.41, 5.74) is 7.21. The molecule has 0 unspecified atom stereocenters. The number of nitrogens with one attached hydrogen (secondary N) is 2. The van der Waals surface area contributed by atoms with Gasteiger partial charge in [0.25, 0.3) is 0 Å². The molecule has 0 saturated heterocycles. The molecule has 0 bridgehead atoms. The maximum atomic E-state index is 11.8. The molecular formula is C13H21N3O2S. The molecule has 4 N–H and O–H groups in total. The van der Waals surface area contributed by atoms with Gasteiger partial charge in [-0.3, -0.25) is 0 Å². The van der Waals surface area contributed by atoms with E-state index in [-0.39, 0.29) is 10.4 Å². The van der Waals surface area contributed by atoms with Crippen LogP contribution in [0.2, 0.25) is 0 Å². The Kier molecular flexibility index (Phi) is 3.73. The molecule has 19 heavy (non-hydrogen) atoms. The highest BCUT2D eigenvalue weighted by Crippen LogP contribution is 2.35. The van der Waals surface area contributed by atoms with Gasteiger partial charge in [0.2, 0.25) is 10.0 Å². The summed E-state index contributed by atoms with van der Waals surface area (Å²) in [6.07, 6.45) is 4.54. The van der Waals surface area contributed by atoms with Crippen molar-refractivity contribution in [3.05, 3.63) is 18.2 Å². The Morgan fingerprint density at radius 1 is 1.26 bits per heavy atom. The minimum Gasteiger partial charge on any atom is -0.397 e. The summed E-state index contributed by atoms with van der Waals surface area (Å²) in [5.74, 6) is 0. The molecule has 0 amide bonds. The first-order valence-electron chi connectivity index (χ1n) is 6.48. The summed E-state index contributed by atoms with van der Waals surface area (Å²) in [5, 5.41) is 3.40. The lowest BCUT2D eigenvalue weighted by Gasteiger charge is -2.27. The van der Waals surface area contributed by atoms with Gasteiger partial charge in [0.1, 0.15) is 0 Å². The van der Waals surface area contributed by atoms with Gasteiger partial charge < -0.3 is 11.1 Å². The molecule has 0 radical (unpaired) electrons. The number of rotatable bonds is 4. The van der Waals surface area contributed by atoms with Crippen LogP contribution in [-0.4, -0.2) is 21.0 Å². The first-order chi connectivity index (χ1) is 8.86. The summed E-state index contributed by atoms with van der Waals surface area (Å²) in [7, 11) is -2.04. The van der Waals surface area contributed by atoms with Gasteiger partial charge in [-0.15, -0.1) is 0 Å². The van der Waals surface area contributed by atoms with E-state index in [2.05, 4.69) is 17.0 Å². The van der Waals surface area contributed by atoms with E-state index in [4.69, 9.17) is 5.73 Å². The van der Waals surface area contributed by atoms with E-state index >= 15 is 0 Å². The van der Waals surface area contributed by atoms with Crippen molar-refractivity contribution in [3.63, 3.8) is 0 Å². The average Bonchev–Trinajstić information content (AvgIpc) is 2.78. The van der Waals surface area contributed by atoms with Crippen molar-refractivity contribution < 1.29 is 8.42 Å². The third-order valence-electron chi connectivity index (χ3n) is 3.75. The molecule has 1 aromatic carbocycles. The van der Waals surface area contributed by atoms with E-state index in [0.29, 0.717) is 11.4 Å². The Hall–Kier alpha value is -1.27. The van der Waals surface area contributed by atoms with Crippen LogP contribution in [-0.2, 0) is 10.0 Å². The smallest absolute Gasteiger partial charge is 0.240 e. The van der Waals surface area contributed by atoms with Crippen molar-refractivity contribution in [1.29, 1.82) is 0 Å². The third-order valence-corrected chi connectivity index (χ3v) is 5.16. The standard InChI is InChI=1S/C13H21N3O2S/c1-13(7-3-4-8-13)16-12-9-10(5-6-11(12)14)19(17,18)15-2/h5-6,9,15-16H,3-4,7-8,14H2,1-2H3. The van der Waals surface area contributed by atoms with E-state index < -0.39 is 10.0 Å². The summed E-state index contributed by atoms with van der Waals surface area (Å²) in [6, 6.07) is 4.75. The minimum atomic E-state index is -3.44. The predicted molar refractivity (Wildman–Crippen MR) is 77.6 cm³/mol. The molecule has 1 aromatic rings. The van der Waals surface area contributed by atoms with Crippen LogP contribution in [0.15, 0.2) is 23.1 Å². The molecule has 106 valence electrons. The Morgan fingerprint density at radius 3 is 2.47 bits per heavy atom. The third kappa shape index (κ3) is 3.01. The molecule has 5 nitrogen and oxygen atoms in total. The number of sulfonamides is 1. The molecule has 2 rings (SSSR count). The van der Waals surface area contributed by atoms with Gasteiger partial charge in [-0.1, -0.05) is 12.8 Å². The van der Waals surface area contributed by atoms with Gasteiger partial charge in [0, 0.05) is 5.54 Å². The Labute approximate surface area is 114 Å². The monoisotopic (exact) mass is 283 g/mol. The second kappa shape index (κ2) is 5.02. The normalized spacial score (nSPS) is 18.4. The van der Waals surface area contributed by atoms with E-state index in [1.165, 1.54) is 26.0 Å². The molecule has 1 saturated carbocycles. The van der Waals surface area contributed by atoms with Crippen molar-refractivity contribution in [2.45, 2.75) is 43.0 Å². The molecule has 0 aromatic heterocycles. The van der Waals surface area contributed by atoms with Crippen LogP contribution in [0.3, 0.4) is 0 Å². The molecular weight excluding hydrogens is 262 g/mol. The van der Waals surface area contributed by atoms with Crippen LogP contribution in [0.4, 0.5) is 11.4 Å². The molecule has 0 aliphatic heterocycles. The first kappa shape index (κ1) is 14.1. The fourth-order valence-electron chi connectivity index (χ4n) is 2.53. The molecule has 0 heterocycles. The maximum Gasteiger partial charge on any atom is 0.240 e. The van der Waals surface area contributed by atoms with E-state index in [1.54, 1.807) is 12.1 Å². The lowest BCUT2D eigenvalue weighted by Crippen LogP contribution is -2.31. The maximum absolute atomic E-state index is 11.8. The SMILES string of the molecule is CNS(=O)(=O)c1ccc(N)c(NC2(C)CCCC2)c1. The molecule has 0 atom stereocenters. The summed E-state index contributed by atoms with van der Waals surface area (Å²) in [6.45, 7) is 2.15. The fourth-order valence-corrected chi connectivity index (χ4v) is 3.29. The number of nitrogens with two attached hydrogens (primary N) is 1. The van der Waals surface area contributed by atoms with Gasteiger partial charge in [0.15, 0.2) is 0 Å². The Balaban J connectivity index is 2.32. The largest absolute Gasteiger partial charge is 0.397 e. The van der Waals surface area contributed by atoms with Crippen LogP contribution in [0.5, 0.6) is 0 Å². The van der Waals surface area contributed by atoms with Crippen molar-refractivity contribution in [2.24, 2.45) is 0 Å². The first-order valence-corrected chi connectivity index (χ1v) is 7.96. The van der Waals surface area contributed by atoms with E-state index in [1.807, 2.05) is 0 Å². The quantitative estimate of drug-likeness (QED) is 0.737. The Bertz CT molecular complexity index is 563. The van der Waals surface area contributed by atoms with Crippen LogP contribution in [0.1, 0.15) is 32.6 Å². The topological polar surface area (TPSA) is 84.2 Å². The molecule has 1 fully saturated rings. The highest BCUT2D eigenvalue weighted by molar-refractivity contribution is 7.89. The van der Waals surface area contributed by atoms with Crippen LogP contribution in [0, 0.1) is 0 Å². The summed E-state index contributed by atoms with van der Waals surface area (Å²) in [4.78, 5) is 0.230. The van der Waals surface area contributed by atoms with Gasteiger partial charge in [0.05, 0.1) is 16.3 Å². The van der Waals surface area contributed by atoms with E-state index in [9.17, 15) is 8.42 Å². The minimum absolute atomic E-state index is 0.0101. The molecule has 6 heteroatoms. The highest BCUT2D eigenvalue weighted by Gasteiger charge is 2.29. The van der Waals surface area contributed by atoms with Crippen molar-refractivity contribution >= 4 is 21.4 Å². The number of hydrogen-bond acceptors (Lipinski definition) is 4. The molecule has 1 aliphatic carbocycles. The molecule has 0 spiro atoms.